The summed E-state index contributed by atoms with van der Waals surface area (Å²) in [7, 11) is 0. The van der Waals surface area contributed by atoms with E-state index in [4.69, 9.17) is 4.74 Å². The van der Waals surface area contributed by atoms with E-state index in [1.165, 1.54) is 6.07 Å². The van der Waals surface area contributed by atoms with Gasteiger partial charge in [-0.05, 0) is 24.5 Å². The van der Waals surface area contributed by atoms with Gasteiger partial charge in [0.05, 0.1) is 17.7 Å². The number of carboxylic acids is 1. The van der Waals surface area contributed by atoms with Crippen LogP contribution in [0.1, 0.15) is 59.4 Å². The number of esters is 1. The van der Waals surface area contributed by atoms with Crippen LogP contribution in [0.4, 0.5) is 0 Å². The largest absolute Gasteiger partial charge is 0.478 e. The van der Waals surface area contributed by atoms with Crippen molar-refractivity contribution < 1.29 is 19.4 Å². The van der Waals surface area contributed by atoms with Gasteiger partial charge in [-0.2, -0.15) is 0 Å². The van der Waals surface area contributed by atoms with Gasteiger partial charge in [0.2, 0.25) is 0 Å². The topological polar surface area (TPSA) is 63.6 Å². The van der Waals surface area contributed by atoms with Gasteiger partial charge in [-0.15, -0.1) is 0 Å². The minimum atomic E-state index is -1.09. The van der Waals surface area contributed by atoms with Crippen molar-refractivity contribution in [1.82, 2.24) is 0 Å². The Hall–Kier alpha value is -1.84. The standard InChI is InChI=1S/C15H20O4/c1-3-5-6-10-19-15(18)12-9-7-8-11(4-2)13(12)14(16)17/h7-9H,3-6,10H2,1-2H3,(H,16,17). The van der Waals surface area contributed by atoms with Gasteiger partial charge in [0.1, 0.15) is 0 Å². The van der Waals surface area contributed by atoms with Gasteiger partial charge >= 0.3 is 11.9 Å². The summed E-state index contributed by atoms with van der Waals surface area (Å²) >= 11 is 0. The molecule has 4 nitrogen and oxygen atoms in total. The highest BCUT2D eigenvalue weighted by atomic mass is 16.5. The first kappa shape index (κ1) is 15.2. The molecule has 0 fully saturated rings. The molecular formula is C15H20O4. The van der Waals surface area contributed by atoms with Crippen molar-refractivity contribution in [2.45, 2.75) is 39.5 Å². The van der Waals surface area contributed by atoms with Crippen LogP contribution in [0.3, 0.4) is 0 Å². The van der Waals surface area contributed by atoms with Gasteiger partial charge in [-0.25, -0.2) is 9.59 Å². The number of aromatic carboxylic acids is 1. The summed E-state index contributed by atoms with van der Waals surface area (Å²) in [6, 6.07) is 4.91. The minimum Gasteiger partial charge on any atom is -0.478 e. The molecule has 0 bridgehead atoms. The summed E-state index contributed by atoms with van der Waals surface area (Å²) in [5, 5.41) is 9.23. The van der Waals surface area contributed by atoms with Crippen LogP contribution in [0.5, 0.6) is 0 Å². The Morgan fingerprint density at radius 1 is 1.21 bits per heavy atom. The Kier molecular flexibility index (Phi) is 6.06. The zero-order chi connectivity index (χ0) is 14.3. The van der Waals surface area contributed by atoms with Crippen LogP contribution in [0.25, 0.3) is 0 Å². The lowest BCUT2D eigenvalue weighted by Gasteiger charge is -2.10. The number of carbonyl (C=O) groups is 2. The maximum atomic E-state index is 11.9. The molecule has 1 N–H and O–H groups in total. The van der Waals surface area contributed by atoms with Crippen molar-refractivity contribution >= 4 is 11.9 Å². The maximum Gasteiger partial charge on any atom is 0.339 e. The molecule has 0 aliphatic heterocycles. The van der Waals surface area contributed by atoms with Crippen LogP contribution in [0.2, 0.25) is 0 Å². The van der Waals surface area contributed by atoms with Crippen molar-refractivity contribution in [3.63, 3.8) is 0 Å². The predicted octanol–water partition coefficient (Wildman–Crippen LogP) is 3.29. The second-order valence-corrected chi connectivity index (χ2v) is 4.34. The third-order valence-corrected chi connectivity index (χ3v) is 2.95. The highest BCUT2D eigenvalue weighted by Gasteiger charge is 2.20. The van der Waals surface area contributed by atoms with Crippen molar-refractivity contribution in [3.8, 4) is 0 Å². The molecule has 19 heavy (non-hydrogen) atoms. The number of benzene rings is 1. The summed E-state index contributed by atoms with van der Waals surface area (Å²) in [6.45, 7) is 4.26. The number of carboxylic acid groups (broad SMARTS) is 1. The molecule has 104 valence electrons. The first-order chi connectivity index (χ1) is 9.11. The number of hydrogen-bond acceptors (Lipinski definition) is 3. The van der Waals surface area contributed by atoms with Crippen LogP contribution in [0.15, 0.2) is 18.2 Å². The second-order valence-electron chi connectivity index (χ2n) is 4.34. The summed E-state index contributed by atoms with van der Waals surface area (Å²) in [4.78, 5) is 23.2. The molecule has 0 saturated carbocycles. The quantitative estimate of drug-likeness (QED) is 0.606. The highest BCUT2D eigenvalue weighted by Crippen LogP contribution is 2.17. The minimum absolute atomic E-state index is 0.0606. The highest BCUT2D eigenvalue weighted by molar-refractivity contribution is 6.03. The third kappa shape index (κ3) is 4.09. The Bertz CT molecular complexity index is 451. The number of aryl methyl sites for hydroxylation is 1. The molecule has 1 rings (SSSR count). The molecule has 0 atom stereocenters. The molecule has 4 heteroatoms. The molecule has 1 aromatic rings. The smallest absolute Gasteiger partial charge is 0.339 e. The zero-order valence-corrected chi connectivity index (χ0v) is 11.4. The van der Waals surface area contributed by atoms with E-state index in [1.807, 2.05) is 6.92 Å². The van der Waals surface area contributed by atoms with E-state index < -0.39 is 11.9 Å². The summed E-state index contributed by atoms with van der Waals surface area (Å²) in [6.07, 6.45) is 3.41. The third-order valence-electron chi connectivity index (χ3n) is 2.95. The molecule has 0 amide bonds. The average Bonchev–Trinajstić information content (AvgIpc) is 2.42. The second kappa shape index (κ2) is 7.56. The Morgan fingerprint density at radius 3 is 2.53 bits per heavy atom. The molecule has 1 aromatic carbocycles. The monoisotopic (exact) mass is 264 g/mol. The van der Waals surface area contributed by atoms with E-state index in [0.29, 0.717) is 18.6 Å². The fourth-order valence-corrected chi connectivity index (χ4v) is 1.91. The van der Waals surface area contributed by atoms with Gasteiger partial charge in [-0.3, -0.25) is 0 Å². The fraction of sp³-hybridized carbons (Fsp3) is 0.467. The van der Waals surface area contributed by atoms with Crippen LogP contribution in [-0.2, 0) is 11.2 Å². The van der Waals surface area contributed by atoms with E-state index in [2.05, 4.69) is 6.92 Å². The number of unbranched alkanes of at least 4 members (excludes halogenated alkanes) is 2. The summed E-state index contributed by atoms with van der Waals surface area (Å²) in [5.41, 5.74) is 0.851. The van der Waals surface area contributed by atoms with Crippen molar-refractivity contribution in [2.75, 3.05) is 6.61 Å². The van der Waals surface area contributed by atoms with Crippen molar-refractivity contribution in [2.24, 2.45) is 0 Å². The van der Waals surface area contributed by atoms with Crippen LogP contribution in [0, 0.1) is 0 Å². The summed E-state index contributed by atoms with van der Waals surface area (Å²) in [5.74, 6) is -1.64. The molecule has 0 radical (unpaired) electrons. The van der Waals surface area contributed by atoms with E-state index in [9.17, 15) is 14.7 Å². The molecule has 0 heterocycles. The Balaban J connectivity index is 2.87. The van der Waals surface area contributed by atoms with Gasteiger partial charge < -0.3 is 9.84 Å². The fourth-order valence-electron chi connectivity index (χ4n) is 1.91. The average molecular weight is 264 g/mol. The lowest BCUT2D eigenvalue weighted by Crippen LogP contribution is -2.14. The number of rotatable bonds is 7. The van der Waals surface area contributed by atoms with E-state index in [-0.39, 0.29) is 11.1 Å². The first-order valence-electron chi connectivity index (χ1n) is 6.64. The first-order valence-corrected chi connectivity index (χ1v) is 6.64. The SMILES string of the molecule is CCCCCOC(=O)c1cccc(CC)c1C(=O)O. The lowest BCUT2D eigenvalue weighted by molar-refractivity contribution is 0.0487. The zero-order valence-electron chi connectivity index (χ0n) is 11.4. The van der Waals surface area contributed by atoms with Gasteiger partial charge in [0, 0.05) is 0 Å². The van der Waals surface area contributed by atoms with Crippen LogP contribution < -0.4 is 0 Å². The van der Waals surface area contributed by atoms with E-state index in [1.54, 1.807) is 12.1 Å². The maximum absolute atomic E-state index is 11.9. The molecule has 0 unspecified atom stereocenters. The molecule has 0 aromatic heterocycles. The predicted molar refractivity (Wildman–Crippen MR) is 72.6 cm³/mol. The van der Waals surface area contributed by atoms with Crippen molar-refractivity contribution in [1.29, 1.82) is 0 Å². The van der Waals surface area contributed by atoms with Crippen LogP contribution in [-0.4, -0.2) is 23.7 Å². The molecule has 0 aliphatic rings. The van der Waals surface area contributed by atoms with E-state index >= 15 is 0 Å². The van der Waals surface area contributed by atoms with Gasteiger partial charge in [0.15, 0.2) is 0 Å². The molecule has 0 aliphatic carbocycles. The summed E-state index contributed by atoms with van der Waals surface area (Å²) < 4.78 is 5.12. The number of hydrogen-bond donors (Lipinski definition) is 1. The number of carbonyl (C=O) groups excluding carboxylic acids is 1. The van der Waals surface area contributed by atoms with Gasteiger partial charge in [-0.1, -0.05) is 38.8 Å². The molecular weight excluding hydrogens is 244 g/mol. The molecule has 0 saturated heterocycles. The normalized spacial score (nSPS) is 10.2. The molecule has 0 spiro atoms. The van der Waals surface area contributed by atoms with Gasteiger partial charge in [0.25, 0.3) is 0 Å². The van der Waals surface area contributed by atoms with Crippen LogP contribution >= 0.6 is 0 Å². The van der Waals surface area contributed by atoms with E-state index in [0.717, 1.165) is 19.3 Å². The Labute approximate surface area is 113 Å². The lowest BCUT2D eigenvalue weighted by atomic mass is 9.99. The number of ether oxygens (including phenoxy) is 1. The van der Waals surface area contributed by atoms with Crippen molar-refractivity contribution in [3.05, 3.63) is 34.9 Å². The Morgan fingerprint density at radius 2 is 1.95 bits per heavy atom.